The molecule has 1 fully saturated rings. The normalized spacial score (nSPS) is 20.1. The summed E-state index contributed by atoms with van der Waals surface area (Å²) in [4.78, 5) is 14.4. The van der Waals surface area contributed by atoms with Gasteiger partial charge in [-0.25, -0.2) is 0 Å². The Morgan fingerprint density at radius 2 is 2.25 bits per heavy atom. The first-order valence-corrected chi connectivity index (χ1v) is 8.08. The van der Waals surface area contributed by atoms with E-state index in [0.29, 0.717) is 12.3 Å². The van der Waals surface area contributed by atoms with Crippen molar-refractivity contribution < 1.29 is 4.79 Å². The van der Waals surface area contributed by atoms with E-state index in [9.17, 15) is 4.79 Å². The summed E-state index contributed by atoms with van der Waals surface area (Å²) < 4.78 is 1.09. The molecule has 1 aliphatic rings. The molecule has 1 aromatic rings. The molecule has 0 aliphatic carbocycles. The van der Waals surface area contributed by atoms with Gasteiger partial charge in [-0.2, -0.15) is 0 Å². The van der Waals surface area contributed by atoms with E-state index in [-0.39, 0.29) is 11.8 Å². The number of halogens is 1. The zero-order valence-electron chi connectivity index (χ0n) is 12.2. The number of carbonyl (C=O) groups is 1. The van der Waals surface area contributed by atoms with E-state index >= 15 is 0 Å². The Balaban J connectivity index is 1.90. The lowest BCUT2D eigenvalue weighted by atomic mass is 9.97. The topological polar surface area (TPSA) is 32.3 Å². The van der Waals surface area contributed by atoms with Crippen LogP contribution in [0.2, 0.25) is 0 Å². The van der Waals surface area contributed by atoms with Crippen molar-refractivity contribution >= 4 is 21.8 Å². The van der Waals surface area contributed by atoms with Crippen LogP contribution in [0.25, 0.3) is 0 Å². The first-order valence-electron chi connectivity index (χ1n) is 7.28. The van der Waals surface area contributed by atoms with Crippen LogP contribution in [0.4, 0.5) is 0 Å². The van der Waals surface area contributed by atoms with Crippen LogP contribution in [-0.2, 0) is 4.79 Å². The van der Waals surface area contributed by atoms with Gasteiger partial charge in [0.15, 0.2) is 0 Å². The lowest BCUT2D eigenvalue weighted by Gasteiger charge is -2.20. The number of nitrogens with zero attached hydrogens (tertiary/aromatic N) is 1. The van der Waals surface area contributed by atoms with Gasteiger partial charge in [-0.05, 0) is 43.5 Å². The Kier molecular flexibility index (Phi) is 5.61. The molecule has 0 radical (unpaired) electrons. The van der Waals surface area contributed by atoms with Crippen molar-refractivity contribution in [2.24, 2.45) is 5.92 Å². The maximum absolute atomic E-state index is 12.4. The van der Waals surface area contributed by atoms with E-state index < -0.39 is 0 Å². The standard InChI is InChI=1S/C16H23BrN2O/c1-12(14-5-3-4-6-15(14)17)9-16(20)19-8-7-13(11-19)10-18-2/h3-6,12-13,18H,7-11H2,1-2H3/t12-,13-/m0/s1. The van der Waals surface area contributed by atoms with Crippen LogP contribution in [-0.4, -0.2) is 37.5 Å². The minimum absolute atomic E-state index is 0.251. The minimum Gasteiger partial charge on any atom is -0.342 e. The Morgan fingerprint density at radius 3 is 2.95 bits per heavy atom. The number of benzene rings is 1. The monoisotopic (exact) mass is 338 g/mol. The molecule has 110 valence electrons. The van der Waals surface area contributed by atoms with Crippen molar-refractivity contribution in [2.75, 3.05) is 26.7 Å². The maximum atomic E-state index is 12.4. The molecular weight excluding hydrogens is 316 g/mol. The van der Waals surface area contributed by atoms with Crippen LogP contribution in [0, 0.1) is 5.92 Å². The predicted molar refractivity (Wildman–Crippen MR) is 85.8 cm³/mol. The number of likely N-dealkylation sites (tertiary alicyclic amines) is 1. The predicted octanol–water partition coefficient (Wildman–Crippen LogP) is 3.01. The average molecular weight is 339 g/mol. The minimum atomic E-state index is 0.251. The summed E-state index contributed by atoms with van der Waals surface area (Å²) in [5.41, 5.74) is 1.21. The highest BCUT2D eigenvalue weighted by molar-refractivity contribution is 9.10. The molecule has 1 aliphatic heterocycles. The van der Waals surface area contributed by atoms with Crippen molar-refractivity contribution in [1.29, 1.82) is 0 Å². The lowest BCUT2D eigenvalue weighted by molar-refractivity contribution is -0.130. The Morgan fingerprint density at radius 1 is 1.50 bits per heavy atom. The summed E-state index contributed by atoms with van der Waals surface area (Å²) in [6.07, 6.45) is 1.71. The largest absolute Gasteiger partial charge is 0.342 e. The zero-order valence-corrected chi connectivity index (χ0v) is 13.8. The second-order valence-corrected chi connectivity index (χ2v) is 6.53. The summed E-state index contributed by atoms with van der Waals surface area (Å²) in [7, 11) is 1.97. The van der Waals surface area contributed by atoms with Crippen LogP contribution in [0.5, 0.6) is 0 Å². The molecule has 1 N–H and O–H groups in total. The third-order valence-corrected chi connectivity index (χ3v) is 4.77. The molecule has 0 bridgehead atoms. The fourth-order valence-electron chi connectivity index (χ4n) is 2.89. The van der Waals surface area contributed by atoms with Crippen molar-refractivity contribution in [2.45, 2.75) is 25.7 Å². The van der Waals surface area contributed by atoms with E-state index in [4.69, 9.17) is 0 Å². The van der Waals surface area contributed by atoms with Crippen molar-refractivity contribution in [3.05, 3.63) is 34.3 Å². The summed E-state index contributed by atoms with van der Waals surface area (Å²) >= 11 is 3.57. The summed E-state index contributed by atoms with van der Waals surface area (Å²) in [6, 6.07) is 8.16. The zero-order chi connectivity index (χ0) is 14.5. The molecule has 2 rings (SSSR count). The van der Waals surface area contributed by atoms with E-state index in [1.54, 1.807) is 0 Å². The molecule has 20 heavy (non-hydrogen) atoms. The highest BCUT2D eigenvalue weighted by Gasteiger charge is 2.26. The first kappa shape index (κ1) is 15.5. The summed E-state index contributed by atoms with van der Waals surface area (Å²) in [6.45, 7) is 4.94. The molecule has 3 nitrogen and oxygen atoms in total. The van der Waals surface area contributed by atoms with Crippen LogP contribution in [0.3, 0.4) is 0 Å². The highest BCUT2D eigenvalue weighted by atomic mass is 79.9. The average Bonchev–Trinajstić information content (AvgIpc) is 2.88. The third kappa shape index (κ3) is 3.83. The fraction of sp³-hybridized carbons (Fsp3) is 0.562. The van der Waals surface area contributed by atoms with Crippen LogP contribution < -0.4 is 5.32 Å². The molecule has 0 aromatic heterocycles. The number of carbonyl (C=O) groups excluding carboxylic acids is 1. The van der Waals surface area contributed by atoms with Gasteiger partial charge < -0.3 is 10.2 Å². The van der Waals surface area contributed by atoms with Gasteiger partial charge >= 0.3 is 0 Å². The molecule has 1 amide bonds. The quantitative estimate of drug-likeness (QED) is 0.894. The molecule has 0 spiro atoms. The van der Waals surface area contributed by atoms with Crippen molar-refractivity contribution in [1.82, 2.24) is 10.2 Å². The number of hydrogen-bond acceptors (Lipinski definition) is 2. The number of hydrogen-bond donors (Lipinski definition) is 1. The van der Waals surface area contributed by atoms with Crippen molar-refractivity contribution in [3.8, 4) is 0 Å². The first-order chi connectivity index (χ1) is 9.61. The van der Waals surface area contributed by atoms with Crippen LogP contribution in [0.15, 0.2) is 28.7 Å². The second kappa shape index (κ2) is 7.23. The van der Waals surface area contributed by atoms with E-state index in [1.165, 1.54) is 5.56 Å². The molecule has 0 unspecified atom stereocenters. The SMILES string of the molecule is CNC[C@@H]1CCN(C(=O)C[C@H](C)c2ccccc2Br)C1. The molecule has 1 aromatic carbocycles. The van der Waals surface area contributed by atoms with E-state index in [1.807, 2.05) is 30.1 Å². The van der Waals surface area contributed by atoms with Gasteiger partial charge in [-0.3, -0.25) is 4.79 Å². The lowest BCUT2D eigenvalue weighted by Crippen LogP contribution is -2.31. The van der Waals surface area contributed by atoms with Gasteiger partial charge in [0.25, 0.3) is 0 Å². The Bertz CT molecular complexity index is 464. The third-order valence-electron chi connectivity index (χ3n) is 4.05. The molecule has 4 heteroatoms. The van der Waals surface area contributed by atoms with E-state index in [0.717, 1.165) is 30.5 Å². The Hall–Kier alpha value is -0.870. The maximum Gasteiger partial charge on any atom is 0.223 e. The van der Waals surface area contributed by atoms with Gasteiger partial charge in [0.1, 0.15) is 0 Å². The molecule has 2 atom stereocenters. The van der Waals surface area contributed by atoms with Crippen LogP contribution >= 0.6 is 15.9 Å². The van der Waals surface area contributed by atoms with Gasteiger partial charge in [0.05, 0.1) is 0 Å². The van der Waals surface area contributed by atoms with Gasteiger partial charge in [-0.15, -0.1) is 0 Å². The molecule has 0 saturated carbocycles. The van der Waals surface area contributed by atoms with Crippen LogP contribution in [0.1, 0.15) is 31.2 Å². The number of rotatable bonds is 5. The van der Waals surface area contributed by atoms with Crippen molar-refractivity contribution in [3.63, 3.8) is 0 Å². The van der Waals surface area contributed by atoms with Gasteiger partial charge in [0.2, 0.25) is 5.91 Å². The highest BCUT2D eigenvalue weighted by Crippen LogP contribution is 2.28. The molecule has 1 saturated heterocycles. The Labute approximate surface area is 129 Å². The van der Waals surface area contributed by atoms with E-state index in [2.05, 4.69) is 34.2 Å². The number of amides is 1. The molecular formula is C16H23BrN2O. The smallest absolute Gasteiger partial charge is 0.223 e. The fourth-order valence-corrected chi connectivity index (χ4v) is 3.57. The summed E-state index contributed by atoms with van der Waals surface area (Å²) in [5, 5.41) is 3.20. The number of nitrogens with one attached hydrogen (secondary N) is 1. The summed E-state index contributed by atoms with van der Waals surface area (Å²) in [5.74, 6) is 1.15. The van der Waals surface area contributed by atoms with Gasteiger partial charge in [0, 0.05) is 24.0 Å². The molecule has 1 heterocycles. The second-order valence-electron chi connectivity index (χ2n) is 5.68. The van der Waals surface area contributed by atoms with Gasteiger partial charge in [-0.1, -0.05) is 41.1 Å².